The van der Waals surface area contributed by atoms with Gasteiger partial charge in [-0.2, -0.15) is 5.26 Å². The number of benzene rings is 2. The minimum absolute atomic E-state index is 0. The number of carbonyl (C=O) groups is 2. The number of hydrogen-bond donors (Lipinski definition) is 1. The summed E-state index contributed by atoms with van der Waals surface area (Å²) in [6, 6.07) is 16.0. The average molecular weight is 543 g/mol. The maximum atomic E-state index is 11.8. The summed E-state index contributed by atoms with van der Waals surface area (Å²) in [6.07, 6.45) is 3.38. The summed E-state index contributed by atoms with van der Waals surface area (Å²) in [5.74, 6) is 0.324. The molecule has 38 heavy (non-hydrogen) atoms. The normalized spacial score (nSPS) is 13.6. The summed E-state index contributed by atoms with van der Waals surface area (Å²) in [7, 11) is 0. The first-order valence-electron chi connectivity index (χ1n) is 13.0. The maximum Gasteiger partial charge on any atom is 0.306 e. The Hall–Kier alpha value is -3.08. The molecule has 0 radical (unpaired) electrons. The van der Waals surface area contributed by atoms with Gasteiger partial charge in [0, 0.05) is 25.4 Å². The summed E-state index contributed by atoms with van der Waals surface area (Å²) in [5, 5.41) is 13.1. The maximum absolute atomic E-state index is 11.8. The highest BCUT2D eigenvalue weighted by atomic mass is 35.5. The molecule has 8 heteroatoms. The molecule has 1 N–H and O–H groups in total. The Labute approximate surface area is 232 Å². The number of aryl methyl sites for hydroxylation is 1. The Morgan fingerprint density at radius 2 is 1.84 bits per heavy atom. The topological polar surface area (TPSA) is 97.7 Å². The first-order valence-corrected chi connectivity index (χ1v) is 13.0. The molecular formula is C30H39ClN2O5. The quantitative estimate of drug-likeness (QED) is 0.357. The van der Waals surface area contributed by atoms with Crippen molar-refractivity contribution in [2.45, 2.75) is 71.4 Å². The number of esters is 2. The molecule has 0 saturated heterocycles. The van der Waals surface area contributed by atoms with Gasteiger partial charge < -0.3 is 19.5 Å². The highest BCUT2D eigenvalue weighted by molar-refractivity contribution is 5.85. The van der Waals surface area contributed by atoms with Crippen LogP contribution in [0.2, 0.25) is 0 Å². The second kappa shape index (κ2) is 14.8. The van der Waals surface area contributed by atoms with Crippen LogP contribution in [-0.2, 0) is 38.3 Å². The Balaban J connectivity index is 0.00000507. The van der Waals surface area contributed by atoms with Crippen molar-refractivity contribution in [3.8, 4) is 11.8 Å². The second-order valence-electron chi connectivity index (χ2n) is 10.3. The highest BCUT2D eigenvalue weighted by Crippen LogP contribution is 2.32. The molecule has 0 fully saturated rings. The summed E-state index contributed by atoms with van der Waals surface area (Å²) in [5.41, 5.74) is 3.97. The average Bonchev–Trinajstić information content (AvgIpc) is 3.26. The van der Waals surface area contributed by atoms with E-state index in [1.165, 1.54) is 18.1 Å². The molecule has 1 atom stereocenters. The molecule has 1 aliphatic rings. The summed E-state index contributed by atoms with van der Waals surface area (Å²) >= 11 is 0. The third-order valence-electron chi connectivity index (χ3n) is 6.59. The molecule has 0 bridgehead atoms. The molecule has 0 unspecified atom stereocenters. The highest BCUT2D eigenvalue weighted by Gasteiger charge is 2.29. The Kier molecular flexibility index (Phi) is 12.1. The molecule has 2 aromatic carbocycles. The summed E-state index contributed by atoms with van der Waals surface area (Å²) in [6.45, 7) is 8.37. The number of nitriles is 1. The number of nitrogens with zero attached hydrogens (tertiary/aromatic N) is 1. The van der Waals surface area contributed by atoms with E-state index in [2.05, 4.69) is 49.5 Å². The zero-order valence-electron chi connectivity index (χ0n) is 22.7. The van der Waals surface area contributed by atoms with Gasteiger partial charge in [0.15, 0.2) is 0 Å². The van der Waals surface area contributed by atoms with Crippen LogP contribution in [-0.4, -0.2) is 43.3 Å². The number of rotatable bonds is 13. The zero-order valence-corrected chi connectivity index (χ0v) is 23.6. The SMILES string of the molecule is CCOC(=O)CCc1ccc(C#N)c(OC[C@@H](CNC(C)(C)CC2Cc3ccccc3C2)OC(C)=O)c1.Cl. The number of hydrogen-bond acceptors (Lipinski definition) is 7. The second-order valence-corrected chi connectivity index (χ2v) is 10.3. The fraction of sp³-hybridized carbons (Fsp3) is 0.500. The van der Waals surface area contributed by atoms with Crippen LogP contribution in [0.4, 0.5) is 0 Å². The van der Waals surface area contributed by atoms with Crippen LogP contribution in [0.1, 0.15) is 62.8 Å². The third-order valence-corrected chi connectivity index (χ3v) is 6.59. The lowest BCUT2D eigenvalue weighted by Crippen LogP contribution is -2.47. The molecule has 206 valence electrons. The molecule has 0 saturated carbocycles. The van der Waals surface area contributed by atoms with E-state index < -0.39 is 6.10 Å². The Morgan fingerprint density at radius 3 is 2.45 bits per heavy atom. The van der Waals surface area contributed by atoms with Gasteiger partial charge in [0.05, 0.1) is 12.2 Å². The lowest BCUT2D eigenvalue weighted by Gasteiger charge is -2.31. The molecule has 0 amide bonds. The largest absolute Gasteiger partial charge is 0.488 e. The van der Waals surface area contributed by atoms with Gasteiger partial charge in [-0.05, 0) is 81.2 Å². The van der Waals surface area contributed by atoms with Gasteiger partial charge >= 0.3 is 11.9 Å². The van der Waals surface area contributed by atoms with E-state index in [4.69, 9.17) is 14.2 Å². The minimum atomic E-state index is -0.521. The molecule has 0 heterocycles. The third kappa shape index (κ3) is 9.66. The van der Waals surface area contributed by atoms with E-state index in [9.17, 15) is 14.9 Å². The molecule has 0 spiro atoms. The lowest BCUT2D eigenvalue weighted by atomic mass is 9.88. The molecule has 0 aromatic heterocycles. The fourth-order valence-electron chi connectivity index (χ4n) is 4.94. The molecule has 1 aliphatic carbocycles. The van der Waals surface area contributed by atoms with Crippen LogP contribution >= 0.6 is 12.4 Å². The van der Waals surface area contributed by atoms with Crippen molar-refractivity contribution in [3.05, 3.63) is 64.7 Å². The van der Waals surface area contributed by atoms with E-state index in [0.717, 1.165) is 24.8 Å². The van der Waals surface area contributed by atoms with Crippen LogP contribution in [0, 0.1) is 17.2 Å². The Bertz CT molecular complexity index is 1100. The minimum Gasteiger partial charge on any atom is -0.488 e. The van der Waals surface area contributed by atoms with E-state index in [1.54, 1.807) is 25.1 Å². The van der Waals surface area contributed by atoms with E-state index >= 15 is 0 Å². The van der Waals surface area contributed by atoms with Gasteiger partial charge in [-0.3, -0.25) is 9.59 Å². The van der Waals surface area contributed by atoms with Crippen LogP contribution in [0.25, 0.3) is 0 Å². The standard InChI is InChI=1S/C30H38N2O5.ClH/c1-5-35-29(34)13-11-22-10-12-26(18-31)28(16-22)36-20-27(37-21(2)33)19-32-30(3,4)17-23-14-24-8-6-7-9-25(24)15-23;/h6-10,12,16,23,27,32H,5,11,13-15,17,19-20H2,1-4H3;1H/t27-;/m1./s1. The number of ether oxygens (including phenoxy) is 3. The van der Waals surface area contributed by atoms with Crippen molar-refractivity contribution in [1.82, 2.24) is 5.32 Å². The molecule has 7 nitrogen and oxygen atoms in total. The molecule has 2 aromatic rings. The molecule has 0 aliphatic heterocycles. The van der Waals surface area contributed by atoms with Gasteiger partial charge in [-0.25, -0.2) is 0 Å². The van der Waals surface area contributed by atoms with Crippen LogP contribution in [0.5, 0.6) is 5.75 Å². The first-order chi connectivity index (χ1) is 17.7. The summed E-state index contributed by atoms with van der Waals surface area (Å²) < 4.78 is 16.5. The molecule has 3 rings (SSSR count). The van der Waals surface area contributed by atoms with Crippen LogP contribution < -0.4 is 10.1 Å². The van der Waals surface area contributed by atoms with Crippen molar-refractivity contribution in [2.75, 3.05) is 19.8 Å². The predicted octanol–water partition coefficient (Wildman–Crippen LogP) is 4.96. The van der Waals surface area contributed by atoms with Crippen LogP contribution in [0.15, 0.2) is 42.5 Å². The zero-order chi connectivity index (χ0) is 26.8. The van der Waals surface area contributed by atoms with Gasteiger partial charge in [0.25, 0.3) is 0 Å². The van der Waals surface area contributed by atoms with Crippen molar-refractivity contribution < 1.29 is 23.8 Å². The van der Waals surface area contributed by atoms with E-state index in [-0.39, 0.29) is 42.9 Å². The fourth-order valence-corrected chi connectivity index (χ4v) is 4.94. The van der Waals surface area contributed by atoms with Gasteiger partial charge in [0.1, 0.15) is 24.5 Å². The van der Waals surface area contributed by atoms with Crippen molar-refractivity contribution >= 4 is 24.3 Å². The van der Waals surface area contributed by atoms with Gasteiger partial charge in [-0.15, -0.1) is 12.4 Å². The van der Waals surface area contributed by atoms with Crippen molar-refractivity contribution in [1.29, 1.82) is 5.26 Å². The number of nitrogens with one attached hydrogen (secondary N) is 1. The van der Waals surface area contributed by atoms with E-state index in [1.807, 2.05) is 0 Å². The monoisotopic (exact) mass is 542 g/mol. The predicted molar refractivity (Wildman–Crippen MR) is 148 cm³/mol. The van der Waals surface area contributed by atoms with Crippen molar-refractivity contribution in [2.24, 2.45) is 5.92 Å². The van der Waals surface area contributed by atoms with Crippen molar-refractivity contribution in [3.63, 3.8) is 0 Å². The van der Waals surface area contributed by atoms with Gasteiger partial charge in [-0.1, -0.05) is 30.3 Å². The van der Waals surface area contributed by atoms with E-state index in [0.29, 0.717) is 36.8 Å². The molecular weight excluding hydrogens is 504 g/mol. The first kappa shape index (κ1) is 31.1. The van der Waals surface area contributed by atoms with Crippen LogP contribution in [0.3, 0.4) is 0 Å². The number of carbonyl (C=O) groups excluding carboxylic acids is 2. The number of halogens is 1. The van der Waals surface area contributed by atoms with Gasteiger partial charge in [0.2, 0.25) is 0 Å². The summed E-state index contributed by atoms with van der Waals surface area (Å²) in [4.78, 5) is 23.5. The Morgan fingerprint density at radius 1 is 1.16 bits per heavy atom. The number of fused-ring (bicyclic) bond motifs is 1. The smallest absolute Gasteiger partial charge is 0.306 e. The lowest BCUT2D eigenvalue weighted by molar-refractivity contribution is -0.148.